The summed E-state index contributed by atoms with van der Waals surface area (Å²) in [6, 6.07) is 4.09. The van der Waals surface area contributed by atoms with Gasteiger partial charge < -0.3 is 14.9 Å². The van der Waals surface area contributed by atoms with E-state index in [2.05, 4.69) is 17.4 Å². The molecule has 0 fully saturated rings. The smallest absolute Gasteiger partial charge is 0.308 e. The van der Waals surface area contributed by atoms with Gasteiger partial charge in [-0.3, -0.25) is 4.79 Å². The largest absolute Gasteiger partial charge is 0.426 e. The highest BCUT2D eigenvalue weighted by atomic mass is 16.6. The third-order valence-corrected chi connectivity index (χ3v) is 3.67. The van der Waals surface area contributed by atoms with Crippen molar-refractivity contribution in [2.24, 2.45) is 5.16 Å². The second-order valence-corrected chi connectivity index (χ2v) is 5.73. The first-order valence-electron chi connectivity index (χ1n) is 7.70. The van der Waals surface area contributed by atoms with Crippen molar-refractivity contribution in [2.45, 2.75) is 53.2 Å². The molecule has 0 radical (unpaired) electrons. The van der Waals surface area contributed by atoms with E-state index in [-0.39, 0.29) is 12.1 Å². The molecule has 1 atom stereocenters. The van der Waals surface area contributed by atoms with Crippen LogP contribution in [0.4, 0.5) is 0 Å². The Bertz CT molecular complexity index is 558. The van der Waals surface area contributed by atoms with Crippen LogP contribution >= 0.6 is 0 Å². The molecule has 1 heterocycles. The Morgan fingerprint density at radius 3 is 2.64 bits per heavy atom. The van der Waals surface area contributed by atoms with E-state index in [1.54, 1.807) is 0 Å². The normalized spacial score (nSPS) is 17.1. The van der Waals surface area contributed by atoms with Crippen LogP contribution in [0.25, 0.3) is 0 Å². The molecule has 1 aromatic rings. The van der Waals surface area contributed by atoms with E-state index in [0.29, 0.717) is 5.75 Å². The van der Waals surface area contributed by atoms with Crippen molar-refractivity contribution >= 4 is 11.7 Å². The van der Waals surface area contributed by atoms with Crippen LogP contribution in [0.3, 0.4) is 0 Å². The Hall–Kier alpha value is -1.88. The molecule has 120 valence electrons. The Balaban J connectivity index is 1.87. The lowest BCUT2D eigenvalue weighted by Gasteiger charge is -2.13. The zero-order chi connectivity index (χ0) is 16.1. The van der Waals surface area contributed by atoms with Crippen molar-refractivity contribution in [3.63, 3.8) is 0 Å². The van der Waals surface area contributed by atoms with Crippen LogP contribution in [0.2, 0.25) is 0 Å². The molecule has 0 amide bonds. The fourth-order valence-corrected chi connectivity index (χ4v) is 2.63. The summed E-state index contributed by atoms with van der Waals surface area (Å²) in [5.74, 6) is 0.374. The molecule has 1 aromatic carbocycles. The van der Waals surface area contributed by atoms with Crippen LogP contribution in [-0.2, 0) is 16.2 Å². The topological polar surface area (TPSA) is 59.9 Å². The van der Waals surface area contributed by atoms with E-state index in [9.17, 15) is 4.79 Å². The number of aryl methyl sites for hydroxylation is 2. The molecule has 2 rings (SSSR count). The minimum absolute atomic E-state index is 0.137. The van der Waals surface area contributed by atoms with Gasteiger partial charge in [-0.2, -0.15) is 0 Å². The van der Waals surface area contributed by atoms with Crippen LogP contribution in [0.5, 0.6) is 5.75 Å². The van der Waals surface area contributed by atoms with Gasteiger partial charge in [-0.05, 0) is 37.0 Å². The van der Waals surface area contributed by atoms with Gasteiger partial charge in [-0.1, -0.05) is 24.2 Å². The second-order valence-electron chi connectivity index (χ2n) is 5.73. The van der Waals surface area contributed by atoms with Gasteiger partial charge in [0.15, 0.2) is 0 Å². The number of esters is 1. The number of rotatable bonds is 6. The van der Waals surface area contributed by atoms with E-state index in [0.717, 1.165) is 42.8 Å². The molecule has 0 spiro atoms. The number of hydrogen-bond acceptors (Lipinski definition) is 5. The van der Waals surface area contributed by atoms with E-state index >= 15 is 0 Å². The quantitative estimate of drug-likeness (QED) is 0.648. The average molecular weight is 304 g/mol. The van der Waals surface area contributed by atoms with Gasteiger partial charge in [0.25, 0.3) is 0 Å². The SMILES string of the molecule is CCC1=NO[C@@H](CNCc2cc(C)c(OC(C)=O)c(C)c2)C1. The maximum Gasteiger partial charge on any atom is 0.308 e. The van der Waals surface area contributed by atoms with Crippen molar-refractivity contribution in [1.29, 1.82) is 0 Å². The average Bonchev–Trinajstić information content (AvgIpc) is 2.91. The van der Waals surface area contributed by atoms with E-state index in [1.807, 2.05) is 26.0 Å². The van der Waals surface area contributed by atoms with Gasteiger partial charge in [0.2, 0.25) is 0 Å². The summed E-state index contributed by atoms with van der Waals surface area (Å²) in [6.07, 6.45) is 2.00. The minimum Gasteiger partial charge on any atom is -0.426 e. The summed E-state index contributed by atoms with van der Waals surface area (Å²) in [6.45, 7) is 8.95. The highest BCUT2D eigenvalue weighted by Gasteiger charge is 2.19. The molecule has 0 aromatic heterocycles. The molecule has 5 nitrogen and oxygen atoms in total. The molecule has 1 aliphatic rings. The first kappa shape index (κ1) is 16.5. The fourth-order valence-electron chi connectivity index (χ4n) is 2.63. The van der Waals surface area contributed by atoms with Crippen molar-refractivity contribution in [2.75, 3.05) is 6.54 Å². The predicted molar refractivity (Wildman–Crippen MR) is 86.1 cm³/mol. The highest BCUT2D eigenvalue weighted by molar-refractivity contribution is 5.85. The second kappa shape index (κ2) is 7.40. The molecule has 1 aliphatic heterocycles. The summed E-state index contributed by atoms with van der Waals surface area (Å²) in [5, 5.41) is 7.45. The van der Waals surface area contributed by atoms with Crippen LogP contribution in [0, 0.1) is 13.8 Å². The van der Waals surface area contributed by atoms with Gasteiger partial charge in [-0.15, -0.1) is 0 Å². The van der Waals surface area contributed by atoms with Crippen molar-refractivity contribution in [3.8, 4) is 5.75 Å². The molecule has 0 saturated heterocycles. The van der Waals surface area contributed by atoms with Gasteiger partial charge >= 0.3 is 5.97 Å². The van der Waals surface area contributed by atoms with Crippen LogP contribution in [-0.4, -0.2) is 24.3 Å². The number of nitrogens with zero attached hydrogens (tertiary/aromatic N) is 1. The first-order valence-corrected chi connectivity index (χ1v) is 7.70. The lowest BCUT2D eigenvalue weighted by atomic mass is 10.1. The maximum atomic E-state index is 11.1. The Kier molecular flexibility index (Phi) is 5.55. The van der Waals surface area contributed by atoms with Crippen LogP contribution in [0.15, 0.2) is 17.3 Å². The standard InChI is InChI=1S/C17H24N2O3/c1-5-15-8-16(22-19-15)10-18-9-14-6-11(2)17(12(3)7-14)21-13(4)20/h6-7,16,18H,5,8-10H2,1-4H3/t16-/m1/s1. The zero-order valence-electron chi connectivity index (χ0n) is 13.7. The molecule has 5 heteroatoms. The summed E-state index contributed by atoms with van der Waals surface area (Å²) in [5.41, 5.74) is 4.24. The number of ether oxygens (including phenoxy) is 1. The van der Waals surface area contributed by atoms with Gasteiger partial charge in [0.1, 0.15) is 11.9 Å². The Morgan fingerprint density at radius 1 is 1.41 bits per heavy atom. The molecular formula is C17H24N2O3. The highest BCUT2D eigenvalue weighted by Crippen LogP contribution is 2.25. The van der Waals surface area contributed by atoms with Gasteiger partial charge in [0, 0.05) is 26.4 Å². The van der Waals surface area contributed by atoms with Crippen molar-refractivity contribution in [1.82, 2.24) is 5.32 Å². The number of benzene rings is 1. The number of carbonyl (C=O) groups excluding carboxylic acids is 1. The van der Waals surface area contributed by atoms with Gasteiger partial charge in [0.05, 0.1) is 5.71 Å². The molecule has 0 unspecified atom stereocenters. The molecule has 1 N–H and O–H groups in total. The zero-order valence-corrected chi connectivity index (χ0v) is 13.7. The monoisotopic (exact) mass is 304 g/mol. The van der Waals surface area contributed by atoms with Crippen LogP contribution < -0.4 is 10.1 Å². The van der Waals surface area contributed by atoms with E-state index < -0.39 is 0 Å². The Morgan fingerprint density at radius 2 is 2.09 bits per heavy atom. The minimum atomic E-state index is -0.290. The molecule has 0 bridgehead atoms. The number of oxime groups is 1. The number of nitrogens with one attached hydrogen (secondary N) is 1. The number of hydrogen-bond donors (Lipinski definition) is 1. The molecule has 0 saturated carbocycles. The molecule has 22 heavy (non-hydrogen) atoms. The number of carbonyl (C=O) groups is 1. The maximum absolute atomic E-state index is 11.1. The fraction of sp³-hybridized carbons (Fsp3) is 0.529. The lowest BCUT2D eigenvalue weighted by Crippen LogP contribution is -2.26. The summed E-state index contributed by atoms with van der Waals surface area (Å²) < 4.78 is 5.25. The van der Waals surface area contributed by atoms with Crippen LogP contribution in [0.1, 0.15) is 43.4 Å². The van der Waals surface area contributed by atoms with Crippen molar-refractivity contribution in [3.05, 3.63) is 28.8 Å². The summed E-state index contributed by atoms with van der Waals surface area (Å²) in [4.78, 5) is 16.5. The lowest BCUT2D eigenvalue weighted by molar-refractivity contribution is -0.131. The predicted octanol–water partition coefficient (Wildman–Crippen LogP) is 2.87. The molecular weight excluding hydrogens is 280 g/mol. The van der Waals surface area contributed by atoms with E-state index in [4.69, 9.17) is 9.57 Å². The first-order chi connectivity index (χ1) is 10.5. The molecule has 0 aliphatic carbocycles. The van der Waals surface area contributed by atoms with Gasteiger partial charge in [-0.25, -0.2) is 0 Å². The van der Waals surface area contributed by atoms with E-state index in [1.165, 1.54) is 12.5 Å². The summed E-state index contributed by atoms with van der Waals surface area (Å²) in [7, 11) is 0. The van der Waals surface area contributed by atoms with Crippen molar-refractivity contribution < 1.29 is 14.4 Å². The Labute approximate surface area is 131 Å². The summed E-state index contributed by atoms with van der Waals surface area (Å²) >= 11 is 0. The third-order valence-electron chi connectivity index (χ3n) is 3.67. The third kappa shape index (κ3) is 4.31.